The lowest BCUT2D eigenvalue weighted by atomic mass is 10.0. The Hall–Kier alpha value is -5.50. The van der Waals surface area contributed by atoms with Crippen LogP contribution in [-0.2, 0) is 43.2 Å². The van der Waals surface area contributed by atoms with E-state index in [-0.39, 0.29) is 19.3 Å². The van der Waals surface area contributed by atoms with Crippen LogP contribution in [0.4, 0.5) is 0 Å². The van der Waals surface area contributed by atoms with Crippen LogP contribution in [0.15, 0.2) is 73.3 Å². The number of aromatic amines is 2. The number of aliphatic carboxylic acids is 1. The molecular weight excluding hydrogens is 568 g/mol. The molecule has 0 fully saturated rings. The van der Waals surface area contributed by atoms with Crippen molar-refractivity contribution in [3.63, 3.8) is 0 Å². The number of carboxylic acids is 1. The van der Waals surface area contributed by atoms with Gasteiger partial charge < -0.3 is 42.5 Å². The second-order valence-corrected chi connectivity index (χ2v) is 10.3. The van der Waals surface area contributed by atoms with E-state index in [1.165, 1.54) is 12.5 Å². The Morgan fingerprint density at radius 2 is 1.45 bits per heavy atom. The molecule has 4 amide bonds. The van der Waals surface area contributed by atoms with Crippen molar-refractivity contribution in [2.24, 2.45) is 11.5 Å². The lowest BCUT2D eigenvalue weighted by Crippen LogP contribution is -2.58. The first-order valence-electron chi connectivity index (χ1n) is 13.8. The van der Waals surface area contributed by atoms with Gasteiger partial charge in [-0.25, -0.2) is 9.78 Å². The van der Waals surface area contributed by atoms with Gasteiger partial charge in [-0.05, 0) is 17.2 Å². The maximum absolute atomic E-state index is 13.6. The van der Waals surface area contributed by atoms with Crippen molar-refractivity contribution in [3.8, 4) is 0 Å². The molecule has 4 unspecified atom stereocenters. The summed E-state index contributed by atoms with van der Waals surface area (Å²) in [5, 5.41) is 18.1. The number of nitrogens with one attached hydrogen (secondary N) is 5. The zero-order valence-corrected chi connectivity index (χ0v) is 23.7. The van der Waals surface area contributed by atoms with E-state index in [2.05, 4.69) is 30.9 Å². The van der Waals surface area contributed by atoms with Crippen molar-refractivity contribution in [1.29, 1.82) is 0 Å². The first-order chi connectivity index (χ1) is 21.1. The first kappa shape index (κ1) is 31.4. The van der Waals surface area contributed by atoms with Crippen LogP contribution in [-0.4, -0.2) is 73.8 Å². The van der Waals surface area contributed by atoms with Gasteiger partial charge >= 0.3 is 5.97 Å². The van der Waals surface area contributed by atoms with Gasteiger partial charge in [0.05, 0.1) is 18.8 Å². The van der Waals surface area contributed by atoms with Crippen LogP contribution in [0, 0.1) is 0 Å². The molecule has 0 aliphatic rings. The monoisotopic (exact) mass is 602 g/mol. The predicted molar refractivity (Wildman–Crippen MR) is 160 cm³/mol. The summed E-state index contributed by atoms with van der Waals surface area (Å²) >= 11 is 0. The average Bonchev–Trinajstić information content (AvgIpc) is 3.66. The Kier molecular flexibility index (Phi) is 10.4. The number of H-pyrrole nitrogens is 2. The highest BCUT2D eigenvalue weighted by molar-refractivity contribution is 5.96. The third kappa shape index (κ3) is 8.51. The van der Waals surface area contributed by atoms with Gasteiger partial charge in [-0.15, -0.1) is 0 Å². The van der Waals surface area contributed by atoms with Crippen molar-refractivity contribution in [3.05, 3.63) is 90.1 Å². The third-order valence-corrected chi connectivity index (χ3v) is 7.00. The molecule has 0 bridgehead atoms. The number of carbonyl (C=O) groups excluding carboxylic acids is 4. The number of hydrogen-bond donors (Lipinski definition) is 8. The van der Waals surface area contributed by atoms with Crippen molar-refractivity contribution < 1.29 is 29.1 Å². The van der Waals surface area contributed by atoms with Gasteiger partial charge in [0.25, 0.3) is 0 Å². The summed E-state index contributed by atoms with van der Waals surface area (Å²) in [7, 11) is 0. The van der Waals surface area contributed by atoms with E-state index in [9.17, 15) is 29.1 Å². The minimum atomic E-state index is -1.52. The molecule has 0 spiro atoms. The number of nitrogens with two attached hydrogens (primary N) is 2. The largest absolute Gasteiger partial charge is 0.480 e. The maximum Gasteiger partial charge on any atom is 0.326 e. The molecule has 2 aromatic heterocycles. The van der Waals surface area contributed by atoms with Gasteiger partial charge in [-0.2, -0.15) is 0 Å². The zero-order chi connectivity index (χ0) is 31.6. The van der Waals surface area contributed by atoms with Gasteiger partial charge in [0.1, 0.15) is 18.1 Å². The molecule has 14 heteroatoms. The quantitative estimate of drug-likeness (QED) is 0.0893. The van der Waals surface area contributed by atoms with Crippen LogP contribution in [0.2, 0.25) is 0 Å². The van der Waals surface area contributed by atoms with Gasteiger partial charge in [-0.3, -0.25) is 19.2 Å². The molecule has 14 nitrogen and oxygen atoms in total. The molecule has 0 aliphatic heterocycles. The number of imidazole rings is 1. The van der Waals surface area contributed by atoms with Gasteiger partial charge in [0.15, 0.2) is 0 Å². The van der Waals surface area contributed by atoms with Gasteiger partial charge in [-0.1, -0.05) is 48.5 Å². The number of nitrogens with zero attached hydrogens (tertiary/aromatic N) is 1. The number of benzene rings is 2. The third-order valence-electron chi connectivity index (χ3n) is 7.00. The molecule has 230 valence electrons. The summed E-state index contributed by atoms with van der Waals surface area (Å²) in [5.74, 6) is -4.56. The Labute approximate surface area is 252 Å². The molecule has 4 aromatic rings. The number of aromatic nitrogens is 3. The topological polar surface area (TPSA) is 238 Å². The highest BCUT2D eigenvalue weighted by Gasteiger charge is 2.32. The number of carboxylic acid groups (broad SMARTS) is 1. The molecule has 2 aromatic carbocycles. The number of amides is 4. The van der Waals surface area contributed by atoms with Crippen molar-refractivity contribution in [1.82, 2.24) is 30.9 Å². The summed E-state index contributed by atoms with van der Waals surface area (Å²) in [5.41, 5.74) is 14.3. The number of hydrogen-bond acceptors (Lipinski definition) is 7. The number of para-hydroxylation sites is 1. The van der Waals surface area contributed by atoms with Crippen LogP contribution in [0.5, 0.6) is 0 Å². The summed E-state index contributed by atoms with van der Waals surface area (Å²) < 4.78 is 0. The fraction of sp³-hybridized carbons (Fsp3) is 0.267. The number of carbonyl (C=O) groups is 5. The molecule has 4 rings (SSSR count). The molecule has 10 N–H and O–H groups in total. The first-order valence-corrected chi connectivity index (χ1v) is 13.8. The van der Waals surface area contributed by atoms with E-state index >= 15 is 0 Å². The number of fused-ring (bicyclic) bond motifs is 1. The summed E-state index contributed by atoms with van der Waals surface area (Å²) in [4.78, 5) is 73.7. The SMILES string of the molecule is NC(=O)CC(NC(=O)C(Cc1c[nH]c2ccccc12)NC(=O)C(N)Cc1cnc[nH]1)C(=O)NC(Cc1ccccc1)C(=O)O. The highest BCUT2D eigenvalue weighted by atomic mass is 16.4. The Balaban J connectivity index is 1.53. The minimum absolute atomic E-state index is 0.00896. The normalized spacial score (nSPS) is 13.8. The Bertz CT molecular complexity index is 1600. The molecule has 0 saturated carbocycles. The minimum Gasteiger partial charge on any atom is -0.480 e. The standard InChI is InChI=1S/C30H34N8O6/c31-21(12-19-15-33-16-35-19)27(40)36-23(11-18-14-34-22-9-5-4-8-20(18)22)28(41)37-24(13-26(32)39)29(42)38-25(30(43)44)10-17-6-2-1-3-7-17/h1-9,14-16,21,23-25,34H,10-13,31H2,(H2,32,39)(H,33,35)(H,36,40)(H,37,41)(H,38,42)(H,43,44). The lowest BCUT2D eigenvalue weighted by Gasteiger charge is -2.25. The molecule has 2 heterocycles. The molecule has 0 saturated heterocycles. The van der Waals surface area contributed by atoms with Crippen LogP contribution < -0.4 is 27.4 Å². The van der Waals surface area contributed by atoms with Crippen LogP contribution in [0.3, 0.4) is 0 Å². The fourth-order valence-corrected chi connectivity index (χ4v) is 4.74. The fourth-order valence-electron chi connectivity index (χ4n) is 4.74. The zero-order valence-electron chi connectivity index (χ0n) is 23.7. The Morgan fingerprint density at radius 3 is 2.14 bits per heavy atom. The van der Waals surface area contributed by atoms with E-state index < -0.39 is 60.2 Å². The van der Waals surface area contributed by atoms with Crippen LogP contribution >= 0.6 is 0 Å². The summed E-state index contributed by atoms with van der Waals surface area (Å²) in [6.07, 6.45) is 4.17. The van der Waals surface area contributed by atoms with Crippen molar-refractivity contribution >= 4 is 40.5 Å². The predicted octanol–water partition coefficient (Wildman–Crippen LogP) is -0.339. The second-order valence-electron chi connectivity index (χ2n) is 10.3. The molecule has 0 radical (unpaired) electrons. The molecule has 4 atom stereocenters. The second kappa shape index (κ2) is 14.6. The van der Waals surface area contributed by atoms with Gasteiger partial charge in [0.2, 0.25) is 23.6 Å². The van der Waals surface area contributed by atoms with E-state index in [0.29, 0.717) is 16.8 Å². The van der Waals surface area contributed by atoms with E-state index in [1.54, 1.807) is 36.5 Å². The summed E-state index contributed by atoms with van der Waals surface area (Å²) in [6.45, 7) is 0. The van der Waals surface area contributed by atoms with E-state index in [4.69, 9.17) is 11.5 Å². The van der Waals surface area contributed by atoms with Crippen molar-refractivity contribution in [2.45, 2.75) is 49.9 Å². The average molecular weight is 603 g/mol. The van der Waals surface area contributed by atoms with E-state index in [1.807, 2.05) is 24.3 Å². The van der Waals surface area contributed by atoms with E-state index in [0.717, 1.165) is 10.9 Å². The molecule has 0 aliphatic carbocycles. The highest BCUT2D eigenvalue weighted by Crippen LogP contribution is 2.19. The molecule has 44 heavy (non-hydrogen) atoms. The number of rotatable bonds is 15. The van der Waals surface area contributed by atoms with Crippen molar-refractivity contribution in [2.75, 3.05) is 0 Å². The van der Waals surface area contributed by atoms with Crippen LogP contribution in [0.25, 0.3) is 10.9 Å². The van der Waals surface area contributed by atoms with Gasteiger partial charge in [0, 0.05) is 48.3 Å². The van der Waals surface area contributed by atoms with Crippen LogP contribution in [0.1, 0.15) is 23.2 Å². The number of primary amides is 1. The summed E-state index contributed by atoms with van der Waals surface area (Å²) in [6, 6.07) is 10.9. The Morgan fingerprint density at radius 1 is 0.795 bits per heavy atom. The smallest absolute Gasteiger partial charge is 0.326 e. The maximum atomic E-state index is 13.6. The lowest BCUT2D eigenvalue weighted by molar-refractivity contribution is -0.142. The molecular formula is C30H34N8O6.